The van der Waals surface area contributed by atoms with Gasteiger partial charge in [0.05, 0.1) is 11.1 Å². The number of rotatable bonds is 5. The van der Waals surface area contributed by atoms with E-state index in [9.17, 15) is 9.59 Å². The number of aromatic nitrogens is 1. The van der Waals surface area contributed by atoms with E-state index >= 15 is 0 Å². The molecular formula is C16H21N3O3. The number of nitrogens with one attached hydrogen (secondary N) is 1. The Balaban J connectivity index is 1.73. The number of carbonyl (C=O) groups excluding carboxylic acids is 1. The fourth-order valence-electron chi connectivity index (χ4n) is 3.14. The number of fused-ring (bicyclic) bond motifs is 1. The number of oxazole rings is 1. The molecule has 6 nitrogen and oxygen atoms in total. The van der Waals surface area contributed by atoms with Crippen molar-refractivity contribution >= 4 is 17.0 Å². The second-order valence-corrected chi connectivity index (χ2v) is 5.90. The third-order valence-corrected chi connectivity index (χ3v) is 4.25. The fourth-order valence-corrected chi connectivity index (χ4v) is 3.14. The topological polar surface area (TPSA) is 92.3 Å². The van der Waals surface area contributed by atoms with Gasteiger partial charge in [-0.25, -0.2) is 4.79 Å². The SMILES string of the molecule is NC(=O)c1cc(CCCN2CCCCC2)cc2oc(=O)[nH]c12. The number of primary amides is 1. The van der Waals surface area contributed by atoms with E-state index in [-0.39, 0.29) is 0 Å². The molecule has 2 aromatic rings. The third kappa shape index (κ3) is 3.22. The number of benzene rings is 1. The summed E-state index contributed by atoms with van der Waals surface area (Å²) >= 11 is 0. The number of amides is 1. The molecule has 1 saturated heterocycles. The summed E-state index contributed by atoms with van der Waals surface area (Å²) in [4.78, 5) is 27.9. The number of nitrogens with two attached hydrogens (primary N) is 1. The molecule has 1 aliphatic heterocycles. The predicted molar refractivity (Wildman–Crippen MR) is 84.0 cm³/mol. The van der Waals surface area contributed by atoms with Gasteiger partial charge in [-0.15, -0.1) is 0 Å². The molecule has 0 aliphatic carbocycles. The summed E-state index contributed by atoms with van der Waals surface area (Å²) < 4.78 is 5.07. The summed E-state index contributed by atoms with van der Waals surface area (Å²) in [6, 6.07) is 3.57. The largest absolute Gasteiger partial charge is 0.417 e. The number of likely N-dealkylation sites (tertiary alicyclic amines) is 1. The van der Waals surface area contributed by atoms with Crippen LogP contribution in [0.1, 0.15) is 41.6 Å². The van der Waals surface area contributed by atoms with Crippen molar-refractivity contribution in [1.82, 2.24) is 9.88 Å². The minimum atomic E-state index is -0.567. The number of hydrogen-bond acceptors (Lipinski definition) is 4. The molecule has 1 aromatic carbocycles. The van der Waals surface area contributed by atoms with E-state index in [0.717, 1.165) is 24.9 Å². The number of aryl methyl sites for hydroxylation is 1. The van der Waals surface area contributed by atoms with Crippen LogP contribution in [0.5, 0.6) is 0 Å². The minimum absolute atomic E-state index is 0.316. The van der Waals surface area contributed by atoms with Crippen molar-refractivity contribution in [2.75, 3.05) is 19.6 Å². The molecule has 1 aliphatic rings. The Morgan fingerprint density at radius 2 is 2.05 bits per heavy atom. The van der Waals surface area contributed by atoms with Crippen molar-refractivity contribution in [1.29, 1.82) is 0 Å². The summed E-state index contributed by atoms with van der Waals surface area (Å²) in [6.45, 7) is 3.41. The maximum absolute atomic E-state index is 11.5. The highest BCUT2D eigenvalue weighted by Gasteiger charge is 2.14. The first kappa shape index (κ1) is 14.8. The molecule has 2 heterocycles. The van der Waals surface area contributed by atoms with Crippen LogP contribution in [0, 0.1) is 0 Å². The van der Waals surface area contributed by atoms with Gasteiger partial charge in [0.25, 0.3) is 5.91 Å². The highest BCUT2D eigenvalue weighted by Crippen LogP contribution is 2.19. The lowest BCUT2D eigenvalue weighted by Gasteiger charge is -2.26. The Morgan fingerprint density at radius 1 is 1.27 bits per heavy atom. The van der Waals surface area contributed by atoms with Crippen LogP contribution in [-0.4, -0.2) is 35.4 Å². The van der Waals surface area contributed by atoms with Gasteiger partial charge in [-0.1, -0.05) is 6.42 Å². The molecule has 118 valence electrons. The maximum Gasteiger partial charge on any atom is 0.417 e. The van der Waals surface area contributed by atoms with Crippen LogP contribution >= 0.6 is 0 Å². The summed E-state index contributed by atoms with van der Waals surface area (Å²) in [5.74, 6) is -1.12. The first-order valence-electron chi connectivity index (χ1n) is 7.81. The zero-order valence-electron chi connectivity index (χ0n) is 12.6. The van der Waals surface area contributed by atoms with E-state index in [1.54, 1.807) is 6.07 Å². The second kappa shape index (κ2) is 6.36. The molecule has 0 spiro atoms. The van der Waals surface area contributed by atoms with Crippen LogP contribution in [0.15, 0.2) is 21.3 Å². The van der Waals surface area contributed by atoms with Crippen LogP contribution in [0.4, 0.5) is 0 Å². The van der Waals surface area contributed by atoms with Gasteiger partial charge in [0.2, 0.25) is 0 Å². The molecular weight excluding hydrogens is 282 g/mol. The van der Waals surface area contributed by atoms with E-state index in [4.69, 9.17) is 10.2 Å². The van der Waals surface area contributed by atoms with Crippen LogP contribution in [-0.2, 0) is 6.42 Å². The summed E-state index contributed by atoms with van der Waals surface area (Å²) in [5, 5.41) is 0. The Kier molecular flexibility index (Phi) is 4.29. The molecule has 0 unspecified atom stereocenters. The maximum atomic E-state index is 11.5. The number of piperidine rings is 1. The first-order chi connectivity index (χ1) is 10.6. The molecule has 1 aromatic heterocycles. The molecule has 0 atom stereocenters. The number of nitrogens with zero attached hydrogens (tertiary/aromatic N) is 1. The van der Waals surface area contributed by atoms with Gasteiger partial charge in [0.1, 0.15) is 0 Å². The fraction of sp³-hybridized carbons (Fsp3) is 0.500. The van der Waals surface area contributed by atoms with Crippen molar-refractivity contribution in [2.45, 2.75) is 32.1 Å². The van der Waals surface area contributed by atoms with E-state index in [2.05, 4.69) is 9.88 Å². The molecule has 0 bridgehead atoms. The minimum Gasteiger partial charge on any atom is -0.408 e. The lowest BCUT2D eigenvalue weighted by atomic mass is 10.0. The molecule has 3 N–H and O–H groups in total. The van der Waals surface area contributed by atoms with Crippen molar-refractivity contribution in [3.63, 3.8) is 0 Å². The van der Waals surface area contributed by atoms with Crippen LogP contribution in [0.3, 0.4) is 0 Å². The van der Waals surface area contributed by atoms with Gasteiger partial charge in [-0.2, -0.15) is 0 Å². The summed E-state index contributed by atoms with van der Waals surface area (Å²) in [7, 11) is 0. The average Bonchev–Trinajstić information content (AvgIpc) is 2.87. The molecule has 1 fully saturated rings. The van der Waals surface area contributed by atoms with Crippen LogP contribution in [0.25, 0.3) is 11.1 Å². The van der Waals surface area contributed by atoms with E-state index in [0.29, 0.717) is 16.7 Å². The standard InChI is InChI=1S/C16H21N3O3/c17-15(20)12-9-11(10-13-14(12)18-16(21)22-13)5-4-8-19-6-2-1-3-7-19/h9-10H,1-8H2,(H2,17,20)(H,18,21). The van der Waals surface area contributed by atoms with Gasteiger partial charge in [-0.3, -0.25) is 9.78 Å². The molecule has 0 saturated carbocycles. The van der Waals surface area contributed by atoms with Crippen molar-refractivity contribution in [3.05, 3.63) is 33.8 Å². The Labute approximate surface area is 128 Å². The Hall–Kier alpha value is -2.08. The Morgan fingerprint density at radius 3 is 2.77 bits per heavy atom. The zero-order valence-corrected chi connectivity index (χ0v) is 12.6. The number of carbonyl (C=O) groups is 1. The quantitative estimate of drug-likeness (QED) is 0.878. The zero-order chi connectivity index (χ0) is 15.5. The van der Waals surface area contributed by atoms with E-state index in [1.165, 1.54) is 32.4 Å². The molecule has 3 rings (SSSR count). The lowest BCUT2D eigenvalue weighted by molar-refractivity contribution is 0.100. The van der Waals surface area contributed by atoms with Crippen molar-refractivity contribution in [2.24, 2.45) is 5.73 Å². The first-order valence-corrected chi connectivity index (χ1v) is 7.81. The van der Waals surface area contributed by atoms with Gasteiger partial charge in [0.15, 0.2) is 5.58 Å². The van der Waals surface area contributed by atoms with Crippen molar-refractivity contribution < 1.29 is 9.21 Å². The van der Waals surface area contributed by atoms with Gasteiger partial charge in [0, 0.05) is 0 Å². The smallest absolute Gasteiger partial charge is 0.408 e. The van der Waals surface area contributed by atoms with Crippen molar-refractivity contribution in [3.8, 4) is 0 Å². The van der Waals surface area contributed by atoms with Gasteiger partial charge in [-0.05, 0) is 63.0 Å². The number of hydrogen-bond donors (Lipinski definition) is 2. The second-order valence-electron chi connectivity index (χ2n) is 5.90. The molecule has 22 heavy (non-hydrogen) atoms. The monoisotopic (exact) mass is 303 g/mol. The molecule has 6 heteroatoms. The van der Waals surface area contributed by atoms with Gasteiger partial charge >= 0.3 is 5.76 Å². The summed E-state index contributed by atoms with van der Waals surface area (Å²) in [6.07, 6.45) is 5.75. The third-order valence-electron chi connectivity index (χ3n) is 4.25. The van der Waals surface area contributed by atoms with E-state index < -0.39 is 11.7 Å². The predicted octanol–water partition coefficient (Wildman–Crippen LogP) is 1.64. The number of aromatic amines is 1. The van der Waals surface area contributed by atoms with E-state index in [1.807, 2.05) is 6.07 Å². The van der Waals surface area contributed by atoms with Gasteiger partial charge < -0.3 is 15.1 Å². The summed E-state index contributed by atoms with van der Waals surface area (Å²) in [5.41, 5.74) is 7.47. The van der Waals surface area contributed by atoms with Crippen LogP contribution in [0.2, 0.25) is 0 Å². The highest BCUT2D eigenvalue weighted by atomic mass is 16.4. The molecule has 1 amide bonds. The lowest BCUT2D eigenvalue weighted by Crippen LogP contribution is -2.30. The normalized spacial score (nSPS) is 16.2. The molecule has 0 radical (unpaired) electrons. The highest BCUT2D eigenvalue weighted by molar-refractivity contribution is 6.03. The average molecular weight is 303 g/mol. The number of H-pyrrole nitrogens is 1. The Bertz CT molecular complexity index is 726. The van der Waals surface area contributed by atoms with Crippen LogP contribution < -0.4 is 11.5 Å².